The maximum atomic E-state index is 11.5. The summed E-state index contributed by atoms with van der Waals surface area (Å²) in [5, 5.41) is 3.12. The van der Waals surface area contributed by atoms with E-state index in [1.54, 1.807) is 0 Å². The molecule has 3 unspecified atom stereocenters. The molecule has 3 atom stereocenters. The second-order valence-electron chi connectivity index (χ2n) is 4.66. The largest absolute Gasteiger partial charge is 0.353 e. The molecule has 3 heteroatoms. The zero-order valence-electron chi connectivity index (χ0n) is 8.95. The van der Waals surface area contributed by atoms with Gasteiger partial charge in [-0.15, -0.1) is 0 Å². The molecule has 1 amide bonds. The number of alkyl halides is 1. The van der Waals surface area contributed by atoms with Crippen molar-refractivity contribution in [2.45, 2.75) is 36.0 Å². The Morgan fingerprint density at radius 3 is 3.00 bits per heavy atom. The fourth-order valence-electron chi connectivity index (χ4n) is 2.97. The van der Waals surface area contributed by atoms with Crippen molar-refractivity contribution < 1.29 is 4.79 Å². The zero-order chi connectivity index (χ0) is 11.1. The monoisotopic (exact) mass is 279 g/mol. The van der Waals surface area contributed by atoms with Gasteiger partial charge in [0.05, 0.1) is 0 Å². The first kappa shape index (κ1) is 10.3. The Morgan fingerprint density at radius 2 is 2.12 bits per heavy atom. The minimum atomic E-state index is 0.183. The SMILES string of the molecule is O=C1CC(Br)C2c3ccccc3CCC2N1. The number of benzene rings is 1. The second-order valence-corrected chi connectivity index (χ2v) is 5.83. The Kier molecular flexibility index (Phi) is 2.51. The van der Waals surface area contributed by atoms with Crippen LogP contribution in [-0.2, 0) is 11.2 Å². The van der Waals surface area contributed by atoms with Crippen LogP contribution in [0.3, 0.4) is 0 Å². The molecule has 1 saturated heterocycles. The van der Waals surface area contributed by atoms with E-state index in [9.17, 15) is 4.79 Å². The first-order valence-electron chi connectivity index (χ1n) is 5.77. The van der Waals surface area contributed by atoms with Crippen molar-refractivity contribution in [1.29, 1.82) is 0 Å². The lowest BCUT2D eigenvalue weighted by molar-refractivity contribution is -0.123. The van der Waals surface area contributed by atoms with Crippen LogP contribution in [0.1, 0.15) is 29.9 Å². The van der Waals surface area contributed by atoms with Crippen LogP contribution < -0.4 is 5.32 Å². The predicted octanol–water partition coefficient (Wildman–Crippen LogP) is 2.37. The topological polar surface area (TPSA) is 29.1 Å². The highest BCUT2D eigenvalue weighted by molar-refractivity contribution is 9.09. The number of fused-ring (bicyclic) bond motifs is 3. The second kappa shape index (κ2) is 3.88. The van der Waals surface area contributed by atoms with Crippen molar-refractivity contribution in [3.05, 3.63) is 35.4 Å². The fraction of sp³-hybridized carbons (Fsp3) is 0.462. The summed E-state index contributed by atoms with van der Waals surface area (Å²) in [6.45, 7) is 0. The van der Waals surface area contributed by atoms with Gasteiger partial charge in [-0.05, 0) is 24.0 Å². The number of amides is 1. The molecule has 2 aliphatic rings. The van der Waals surface area contributed by atoms with Gasteiger partial charge in [0.25, 0.3) is 0 Å². The van der Waals surface area contributed by atoms with E-state index in [0.717, 1.165) is 12.8 Å². The van der Waals surface area contributed by atoms with E-state index in [0.29, 0.717) is 18.4 Å². The van der Waals surface area contributed by atoms with Crippen molar-refractivity contribution >= 4 is 21.8 Å². The minimum absolute atomic E-state index is 0.183. The van der Waals surface area contributed by atoms with E-state index in [-0.39, 0.29) is 10.7 Å². The third-order valence-electron chi connectivity index (χ3n) is 3.69. The van der Waals surface area contributed by atoms with Crippen molar-refractivity contribution in [2.24, 2.45) is 0 Å². The molecule has 0 radical (unpaired) electrons. The van der Waals surface area contributed by atoms with Gasteiger partial charge in [-0.3, -0.25) is 4.79 Å². The van der Waals surface area contributed by atoms with Crippen LogP contribution in [0.4, 0.5) is 0 Å². The minimum Gasteiger partial charge on any atom is -0.353 e. The van der Waals surface area contributed by atoms with Crippen LogP contribution in [0.2, 0.25) is 0 Å². The molecule has 3 rings (SSSR count). The Morgan fingerprint density at radius 1 is 1.31 bits per heavy atom. The lowest BCUT2D eigenvalue weighted by Crippen LogP contribution is -2.50. The summed E-state index contributed by atoms with van der Waals surface area (Å²) >= 11 is 3.68. The van der Waals surface area contributed by atoms with Crippen molar-refractivity contribution in [3.8, 4) is 0 Å². The van der Waals surface area contributed by atoms with Crippen LogP contribution in [-0.4, -0.2) is 16.8 Å². The number of halogens is 1. The van der Waals surface area contributed by atoms with Gasteiger partial charge in [0, 0.05) is 23.2 Å². The molecule has 16 heavy (non-hydrogen) atoms. The maximum Gasteiger partial charge on any atom is 0.221 e. The molecule has 1 N–H and O–H groups in total. The van der Waals surface area contributed by atoms with Gasteiger partial charge in [0.2, 0.25) is 5.91 Å². The van der Waals surface area contributed by atoms with Gasteiger partial charge in [0.1, 0.15) is 0 Å². The van der Waals surface area contributed by atoms with Gasteiger partial charge < -0.3 is 5.32 Å². The molecule has 84 valence electrons. The molecule has 2 nitrogen and oxygen atoms in total. The molecule has 0 spiro atoms. The number of nitrogens with one attached hydrogen (secondary N) is 1. The molecule has 1 heterocycles. The summed E-state index contributed by atoms with van der Waals surface area (Å²) in [6.07, 6.45) is 2.74. The first-order valence-corrected chi connectivity index (χ1v) is 6.68. The van der Waals surface area contributed by atoms with Crippen LogP contribution in [0.15, 0.2) is 24.3 Å². The third-order valence-corrected chi connectivity index (χ3v) is 4.58. The summed E-state index contributed by atoms with van der Waals surface area (Å²) in [5.74, 6) is 0.630. The van der Waals surface area contributed by atoms with E-state index in [2.05, 4.69) is 45.5 Å². The van der Waals surface area contributed by atoms with Crippen LogP contribution in [0.5, 0.6) is 0 Å². The molecule has 0 aromatic heterocycles. The fourth-order valence-corrected chi connectivity index (χ4v) is 3.92. The standard InChI is InChI=1S/C13H14BrNO/c14-10-7-12(16)15-11-6-5-8-3-1-2-4-9(8)13(10)11/h1-4,10-11,13H,5-7H2,(H,15,16). The van der Waals surface area contributed by atoms with Crippen LogP contribution in [0.25, 0.3) is 0 Å². The molecule has 1 aromatic carbocycles. The number of aryl methyl sites for hydroxylation is 1. The summed E-state index contributed by atoms with van der Waals surface area (Å²) < 4.78 is 0. The number of hydrogen-bond donors (Lipinski definition) is 1. The molecule has 1 fully saturated rings. The van der Waals surface area contributed by atoms with Crippen LogP contribution in [0, 0.1) is 0 Å². The lowest BCUT2D eigenvalue weighted by Gasteiger charge is -2.40. The zero-order valence-corrected chi connectivity index (χ0v) is 10.5. The smallest absolute Gasteiger partial charge is 0.221 e. The highest BCUT2D eigenvalue weighted by Gasteiger charge is 2.39. The first-order chi connectivity index (χ1) is 7.75. The lowest BCUT2D eigenvalue weighted by atomic mass is 9.75. The summed E-state index contributed by atoms with van der Waals surface area (Å²) in [6, 6.07) is 8.93. The highest BCUT2D eigenvalue weighted by atomic mass is 79.9. The van der Waals surface area contributed by atoms with Crippen LogP contribution >= 0.6 is 15.9 Å². The number of carbonyl (C=O) groups excluding carboxylic acids is 1. The van der Waals surface area contributed by atoms with Gasteiger partial charge in [-0.2, -0.15) is 0 Å². The normalized spacial score (nSPS) is 32.6. The number of piperidine rings is 1. The van der Waals surface area contributed by atoms with E-state index in [1.165, 1.54) is 11.1 Å². The molecular formula is C13H14BrNO. The Labute approximate surface area is 104 Å². The highest BCUT2D eigenvalue weighted by Crippen LogP contribution is 2.40. The van der Waals surface area contributed by atoms with E-state index in [1.807, 2.05) is 0 Å². The third kappa shape index (κ3) is 1.58. The maximum absolute atomic E-state index is 11.5. The molecule has 0 saturated carbocycles. The van der Waals surface area contributed by atoms with Gasteiger partial charge >= 0.3 is 0 Å². The van der Waals surface area contributed by atoms with E-state index < -0.39 is 0 Å². The van der Waals surface area contributed by atoms with E-state index >= 15 is 0 Å². The summed E-state index contributed by atoms with van der Waals surface area (Å²) in [4.78, 5) is 11.8. The Balaban J connectivity index is 2.01. The average molecular weight is 280 g/mol. The van der Waals surface area contributed by atoms with Gasteiger partial charge in [-0.1, -0.05) is 40.2 Å². The molecule has 1 aliphatic heterocycles. The number of rotatable bonds is 0. The summed E-state index contributed by atoms with van der Waals surface area (Å²) in [5.41, 5.74) is 2.87. The predicted molar refractivity (Wildman–Crippen MR) is 66.8 cm³/mol. The van der Waals surface area contributed by atoms with E-state index in [4.69, 9.17) is 0 Å². The van der Waals surface area contributed by atoms with Crippen molar-refractivity contribution in [2.75, 3.05) is 0 Å². The Hall–Kier alpha value is -0.830. The molecule has 1 aliphatic carbocycles. The Bertz CT molecular complexity index is 432. The molecular weight excluding hydrogens is 266 g/mol. The van der Waals surface area contributed by atoms with Crippen molar-refractivity contribution in [1.82, 2.24) is 5.32 Å². The number of hydrogen-bond acceptors (Lipinski definition) is 1. The van der Waals surface area contributed by atoms with Gasteiger partial charge in [0.15, 0.2) is 0 Å². The van der Waals surface area contributed by atoms with Crippen molar-refractivity contribution in [3.63, 3.8) is 0 Å². The number of carbonyl (C=O) groups is 1. The molecule has 0 bridgehead atoms. The molecule has 1 aromatic rings. The quantitative estimate of drug-likeness (QED) is 0.726. The average Bonchev–Trinajstić information content (AvgIpc) is 2.28. The van der Waals surface area contributed by atoms with Gasteiger partial charge in [-0.25, -0.2) is 0 Å². The summed E-state index contributed by atoms with van der Waals surface area (Å²) in [7, 11) is 0.